The van der Waals surface area contributed by atoms with Gasteiger partial charge in [0.1, 0.15) is 0 Å². The van der Waals surface area contributed by atoms with E-state index in [2.05, 4.69) is 6.92 Å². The fourth-order valence-corrected chi connectivity index (χ4v) is 0.905. The van der Waals surface area contributed by atoms with Gasteiger partial charge < -0.3 is 5.73 Å². The third kappa shape index (κ3) is 11.3. The van der Waals surface area contributed by atoms with Crippen LogP contribution < -0.4 is 0 Å². The van der Waals surface area contributed by atoms with E-state index in [1.54, 1.807) is 0 Å². The molecule has 0 rings (SSSR count). The van der Waals surface area contributed by atoms with E-state index in [-0.39, 0.29) is 17.1 Å². The Labute approximate surface area is 75.2 Å². The molecule has 0 aromatic heterocycles. The van der Waals surface area contributed by atoms with E-state index in [0.29, 0.717) is 6.54 Å². The van der Waals surface area contributed by atoms with Gasteiger partial charge in [0.15, 0.2) is 0 Å². The van der Waals surface area contributed by atoms with Crippen LogP contribution in [-0.2, 0) is 17.1 Å². The number of nitrogens with one attached hydrogen (secondary N) is 1. The summed E-state index contributed by atoms with van der Waals surface area (Å²) in [6.45, 7) is 2.84. The molecule has 0 saturated carbocycles. The van der Waals surface area contributed by atoms with Gasteiger partial charge in [0.2, 0.25) is 0 Å². The maximum absolute atomic E-state index is 6.88. The molecule has 0 aromatic rings. The van der Waals surface area contributed by atoms with E-state index in [9.17, 15) is 0 Å². The van der Waals surface area contributed by atoms with Gasteiger partial charge in [-0.15, -0.1) is 0 Å². The van der Waals surface area contributed by atoms with Crippen LogP contribution in [0.3, 0.4) is 0 Å². The first-order valence-corrected chi connectivity index (χ1v) is 4.06. The van der Waals surface area contributed by atoms with Gasteiger partial charge in [-0.1, -0.05) is 45.4 Å². The van der Waals surface area contributed by atoms with Gasteiger partial charge in [0, 0.05) is 17.1 Å². The Morgan fingerprint density at radius 3 is 1.90 bits per heavy atom. The molecule has 0 aliphatic rings. The summed E-state index contributed by atoms with van der Waals surface area (Å²) in [5.41, 5.74) is 6.88. The van der Waals surface area contributed by atoms with Crippen LogP contribution in [0.25, 0.3) is 5.73 Å². The van der Waals surface area contributed by atoms with E-state index in [4.69, 9.17) is 5.73 Å². The van der Waals surface area contributed by atoms with Gasteiger partial charge in [-0.25, -0.2) is 0 Å². The molecule has 0 heterocycles. The van der Waals surface area contributed by atoms with Crippen LogP contribution in [0.15, 0.2) is 0 Å². The summed E-state index contributed by atoms with van der Waals surface area (Å²) < 4.78 is 0. The van der Waals surface area contributed by atoms with Gasteiger partial charge in [-0.3, -0.25) is 0 Å². The van der Waals surface area contributed by atoms with Crippen molar-refractivity contribution in [2.45, 2.75) is 45.4 Å². The maximum Gasteiger partial charge on any atom is 0 e. The normalized spacial score (nSPS) is 9.00. The summed E-state index contributed by atoms with van der Waals surface area (Å²) in [5, 5.41) is 0. The predicted molar refractivity (Wildman–Crippen MR) is 42.6 cm³/mol. The molecule has 64 valence electrons. The van der Waals surface area contributed by atoms with Crippen molar-refractivity contribution in [1.29, 1.82) is 0 Å². The fourth-order valence-electron chi connectivity index (χ4n) is 0.905. The topological polar surface area (TPSA) is 23.8 Å². The van der Waals surface area contributed by atoms with Gasteiger partial charge in [0.25, 0.3) is 0 Å². The third-order valence-corrected chi connectivity index (χ3v) is 1.53. The molecule has 0 fully saturated rings. The Morgan fingerprint density at radius 2 is 1.40 bits per heavy atom. The molecule has 1 nitrogen and oxygen atoms in total. The second kappa shape index (κ2) is 12.2. The smallest absolute Gasteiger partial charge is 0 e. The Kier molecular flexibility index (Phi) is 16.0. The predicted octanol–water partition coefficient (Wildman–Crippen LogP) is 3.40. The molecule has 0 bridgehead atoms. The quantitative estimate of drug-likeness (QED) is 0.446. The Morgan fingerprint density at radius 1 is 0.900 bits per heavy atom. The van der Waals surface area contributed by atoms with E-state index >= 15 is 0 Å². The summed E-state index contributed by atoms with van der Waals surface area (Å²) in [6.07, 6.45) is 7.77. The molecule has 0 aromatic carbocycles. The molecule has 0 spiro atoms. The fraction of sp³-hybridized carbons (Fsp3) is 1.00. The molecule has 0 atom stereocenters. The van der Waals surface area contributed by atoms with Crippen LogP contribution in [0.1, 0.15) is 45.4 Å². The number of unbranched alkanes of at least 4 members (excludes halogenated alkanes) is 5. The number of rotatable bonds is 6. The molecular weight excluding hydrogens is 166 g/mol. The third-order valence-electron chi connectivity index (χ3n) is 1.53. The Hall–Kier alpha value is 0.479. The maximum atomic E-state index is 6.88. The molecule has 0 saturated heterocycles. The van der Waals surface area contributed by atoms with Crippen LogP contribution in [0, 0.1) is 0 Å². The molecule has 2 heteroatoms. The van der Waals surface area contributed by atoms with Gasteiger partial charge in [-0.2, -0.15) is 6.54 Å². The molecule has 10 heavy (non-hydrogen) atoms. The zero-order valence-electron chi connectivity index (χ0n) is 6.80. The molecule has 0 aliphatic carbocycles. The van der Waals surface area contributed by atoms with Gasteiger partial charge in [-0.05, 0) is 0 Å². The van der Waals surface area contributed by atoms with E-state index < -0.39 is 0 Å². The largest absolute Gasteiger partial charge is 0.677 e. The SMILES string of the molecule is CCCCCCCC[NH-].[Fe]. The molecule has 1 N–H and O–H groups in total. The zero-order chi connectivity index (χ0) is 6.95. The first-order chi connectivity index (χ1) is 4.41. The molecule has 0 radical (unpaired) electrons. The standard InChI is InChI=1S/C8H18N.Fe/c1-2-3-4-5-6-7-8-9;/h9H,2-8H2,1H3;/q-1;. The number of hydrogen-bond donors (Lipinski definition) is 0. The second-order valence-corrected chi connectivity index (χ2v) is 2.52. The summed E-state index contributed by atoms with van der Waals surface area (Å²) in [5.74, 6) is 0. The summed E-state index contributed by atoms with van der Waals surface area (Å²) >= 11 is 0. The Bertz CT molecular complexity index is 42.5. The van der Waals surface area contributed by atoms with Crippen LogP contribution in [0.5, 0.6) is 0 Å². The minimum Gasteiger partial charge on any atom is -0.677 e. The van der Waals surface area contributed by atoms with Crippen molar-refractivity contribution in [3.63, 3.8) is 0 Å². The van der Waals surface area contributed by atoms with E-state index in [1.807, 2.05) is 0 Å². The van der Waals surface area contributed by atoms with Gasteiger partial charge >= 0.3 is 0 Å². The van der Waals surface area contributed by atoms with Crippen molar-refractivity contribution in [2.75, 3.05) is 6.54 Å². The molecule has 0 amide bonds. The molecular formula is C8H18FeN-. The van der Waals surface area contributed by atoms with Crippen LogP contribution in [0.4, 0.5) is 0 Å². The van der Waals surface area contributed by atoms with Crippen molar-refractivity contribution in [2.24, 2.45) is 0 Å². The second-order valence-electron chi connectivity index (χ2n) is 2.52. The van der Waals surface area contributed by atoms with Crippen molar-refractivity contribution < 1.29 is 17.1 Å². The summed E-state index contributed by atoms with van der Waals surface area (Å²) in [4.78, 5) is 0. The summed E-state index contributed by atoms with van der Waals surface area (Å²) in [6, 6.07) is 0. The number of hydrogen-bond acceptors (Lipinski definition) is 0. The minimum absolute atomic E-state index is 0. The van der Waals surface area contributed by atoms with Gasteiger partial charge in [0.05, 0.1) is 0 Å². The van der Waals surface area contributed by atoms with E-state index in [1.165, 1.54) is 32.1 Å². The first kappa shape index (κ1) is 13.1. The van der Waals surface area contributed by atoms with Crippen LogP contribution in [0.2, 0.25) is 0 Å². The van der Waals surface area contributed by atoms with Crippen molar-refractivity contribution in [3.8, 4) is 0 Å². The Balaban J connectivity index is 0. The average molecular weight is 184 g/mol. The van der Waals surface area contributed by atoms with Crippen molar-refractivity contribution in [3.05, 3.63) is 5.73 Å². The monoisotopic (exact) mass is 184 g/mol. The molecule has 0 aliphatic heterocycles. The van der Waals surface area contributed by atoms with Crippen LogP contribution >= 0.6 is 0 Å². The van der Waals surface area contributed by atoms with Crippen LogP contribution in [-0.4, -0.2) is 6.54 Å². The summed E-state index contributed by atoms with van der Waals surface area (Å²) in [7, 11) is 0. The van der Waals surface area contributed by atoms with Crippen molar-refractivity contribution in [1.82, 2.24) is 0 Å². The zero-order valence-corrected chi connectivity index (χ0v) is 7.91. The van der Waals surface area contributed by atoms with Crippen molar-refractivity contribution >= 4 is 0 Å². The van der Waals surface area contributed by atoms with E-state index in [0.717, 1.165) is 6.42 Å². The molecule has 0 unspecified atom stereocenters. The minimum atomic E-state index is 0. The average Bonchev–Trinajstić information content (AvgIpc) is 1.89. The first-order valence-electron chi connectivity index (χ1n) is 4.06.